The largest absolute Gasteiger partial charge is 0.573 e. The predicted molar refractivity (Wildman–Crippen MR) is 71.1 cm³/mol. The number of benzene rings is 1. The second-order valence-corrected chi connectivity index (χ2v) is 4.97. The van der Waals surface area contributed by atoms with Crippen LogP contribution in [-0.4, -0.2) is 43.3 Å². The second-order valence-electron chi connectivity index (χ2n) is 4.97. The molecule has 2 rings (SSSR count). The molecule has 1 aromatic rings. The summed E-state index contributed by atoms with van der Waals surface area (Å²) in [4.78, 5) is 13.9. The van der Waals surface area contributed by atoms with E-state index < -0.39 is 6.36 Å². The Balaban J connectivity index is 2.02. The van der Waals surface area contributed by atoms with E-state index in [1.165, 1.54) is 12.1 Å². The van der Waals surface area contributed by atoms with Gasteiger partial charge in [0.05, 0.1) is 0 Å². The van der Waals surface area contributed by atoms with Crippen LogP contribution in [0.25, 0.3) is 0 Å². The monoisotopic (exact) mass is 302 g/mol. The summed E-state index contributed by atoms with van der Waals surface area (Å²) in [5.41, 5.74) is 0.352. The van der Waals surface area contributed by atoms with Gasteiger partial charge in [0.1, 0.15) is 5.75 Å². The lowest BCUT2D eigenvalue weighted by Gasteiger charge is -2.31. The van der Waals surface area contributed by atoms with E-state index in [1.807, 2.05) is 0 Å². The highest BCUT2D eigenvalue weighted by Crippen LogP contribution is 2.23. The van der Waals surface area contributed by atoms with E-state index in [0.29, 0.717) is 5.56 Å². The van der Waals surface area contributed by atoms with Crippen LogP contribution in [0.1, 0.15) is 23.2 Å². The van der Waals surface area contributed by atoms with Gasteiger partial charge in [0.15, 0.2) is 0 Å². The van der Waals surface area contributed by atoms with Gasteiger partial charge < -0.3 is 15.0 Å². The first-order valence-corrected chi connectivity index (χ1v) is 6.70. The van der Waals surface area contributed by atoms with Crippen molar-refractivity contribution in [2.24, 2.45) is 0 Å². The molecule has 0 aromatic heterocycles. The molecule has 4 nitrogen and oxygen atoms in total. The minimum atomic E-state index is -4.72. The summed E-state index contributed by atoms with van der Waals surface area (Å²) >= 11 is 0. The van der Waals surface area contributed by atoms with Gasteiger partial charge in [0, 0.05) is 18.7 Å². The van der Waals surface area contributed by atoms with Crippen molar-refractivity contribution >= 4 is 5.91 Å². The lowest BCUT2D eigenvalue weighted by molar-refractivity contribution is -0.274. The van der Waals surface area contributed by atoms with E-state index in [0.717, 1.165) is 38.1 Å². The molecule has 0 saturated carbocycles. The van der Waals surface area contributed by atoms with Crippen molar-refractivity contribution in [3.8, 4) is 5.75 Å². The van der Waals surface area contributed by atoms with Crippen LogP contribution in [0.15, 0.2) is 24.3 Å². The van der Waals surface area contributed by atoms with Crippen LogP contribution in [0.3, 0.4) is 0 Å². The second kappa shape index (κ2) is 6.34. The van der Waals surface area contributed by atoms with Crippen molar-refractivity contribution in [1.82, 2.24) is 10.2 Å². The minimum absolute atomic E-state index is 0.157. The van der Waals surface area contributed by atoms with Crippen LogP contribution in [0.4, 0.5) is 13.2 Å². The highest BCUT2D eigenvalue weighted by atomic mass is 19.4. The molecule has 7 heteroatoms. The molecule has 0 radical (unpaired) electrons. The summed E-state index contributed by atoms with van der Waals surface area (Å²) in [6.07, 6.45) is -2.98. The molecule has 116 valence electrons. The molecule has 1 aliphatic heterocycles. The molecular formula is C14H17F3N2O2. The van der Waals surface area contributed by atoms with Gasteiger partial charge in [0.25, 0.3) is 5.91 Å². The Labute approximate surface area is 120 Å². The topological polar surface area (TPSA) is 41.6 Å². The van der Waals surface area contributed by atoms with Crippen molar-refractivity contribution < 1.29 is 22.7 Å². The van der Waals surface area contributed by atoms with Crippen molar-refractivity contribution in [1.29, 1.82) is 0 Å². The fourth-order valence-electron chi connectivity index (χ4n) is 2.36. The van der Waals surface area contributed by atoms with Crippen molar-refractivity contribution in [3.05, 3.63) is 29.8 Å². The molecule has 0 unspecified atom stereocenters. The van der Waals surface area contributed by atoms with Gasteiger partial charge in [-0.15, -0.1) is 13.2 Å². The third-order valence-electron chi connectivity index (χ3n) is 3.51. The number of rotatable bonds is 3. The fourth-order valence-corrected chi connectivity index (χ4v) is 2.36. The van der Waals surface area contributed by atoms with Gasteiger partial charge in [-0.1, -0.05) is 0 Å². The average molecular weight is 302 g/mol. The van der Waals surface area contributed by atoms with E-state index in [-0.39, 0.29) is 17.7 Å². The lowest BCUT2D eigenvalue weighted by Crippen LogP contribution is -2.43. The maximum absolute atomic E-state index is 12.3. The number of carbonyl (C=O) groups is 1. The fraction of sp³-hybridized carbons (Fsp3) is 0.500. The highest BCUT2D eigenvalue weighted by molar-refractivity contribution is 5.94. The number of ether oxygens (including phenoxy) is 1. The maximum atomic E-state index is 12.3. The van der Waals surface area contributed by atoms with E-state index in [4.69, 9.17) is 0 Å². The molecule has 0 aliphatic carbocycles. The van der Waals surface area contributed by atoms with Gasteiger partial charge in [0.2, 0.25) is 0 Å². The molecular weight excluding hydrogens is 285 g/mol. The third kappa shape index (κ3) is 4.35. The van der Waals surface area contributed by atoms with Crippen LogP contribution >= 0.6 is 0 Å². The number of amides is 1. The summed E-state index contributed by atoms with van der Waals surface area (Å²) < 4.78 is 40.0. The molecule has 0 atom stereocenters. The summed E-state index contributed by atoms with van der Waals surface area (Å²) in [7, 11) is 1.72. The van der Waals surface area contributed by atoms with E-state index in [2.05, 4.69) is 10.1 Å². The van der Waals surface area contributed by atoms with Gasteiger partial charge in [-0.3, -0.25) is 4.79 Å². The Morgan fingerprint density at radius 3 is 2.33 bits per heavy atom. The molecule has 21 heavy (non-hydrogen) atoms. The van der Waals surface area contributed by atoms with Gasteiger partial charge in [-0.05, 0) is 50.2 Å². The standard InChI is InChI=1S/C14H17F3N2O2/c1-19(11-6-8-18-9-7-11)13(20)10-2-4-12(5-3-10)21-14(15,16)17/h2-5,11,18H,6-9H2,1H3. The zero-order valence-corrected chi connectivity index (χ0v) is 11.6. The van der Waals surface area contributed by atoms with Gasteiger partial charge >= 0.3 is 6.36 Å². The highest BCUT2D eigenvalue weighted by Gasteiger charge is 2.31. The maximum Gasteiger partial charge on any atom is 0.573 e. The minimum Gasteiger partial charge on any atom is -0.406 e. The molecule has 1 amide bonds. The number of piperidine rings is 1. The normalized spacial score (nSPS) is 16.6. The summed E-state index contributed by atoms with van der Waals surface area (Å²) in [6, 6.07) is 5.15. The van der Waals surface area contributed by atoms with Crippen LogP contribution in [0, 0.1) is 0 Å². The SMILES string of the molecule is CN(C(=O)c1ccc(OC(F)(F)F)cc1)C1CCNCC1. The van der Waals surface area contributed by atoms with Crippen molar-refractivity contribution in [3.63, 3.8) is 0 Å². The first-order chi connectivity index (χ1) is 9.87. The number of halogens is 3. The average Bonchev–Trinajstić information content (AvgIpc) is 2.46. The first-order valence-electron chi connectivity index (χ1n) is 6.70. The number of carbonyl (C=O) groups excluding carboxylic acids is 1. The molecule has 1 saturated heterocycles. The molecule has 1 aliphatic rings. The van der Waals surface area contributed by atoms with E-state index >= 15 is 0 Å². The Kier molecular flexibility index (Phi) is 4.72. The Morgan fingerprint density at radius 1 is 1.24 bits per heavy atom. The van der Waals surface area contributed by atoms with Gasteiger partial charge in [-0.25, -0.2) is 0 Å². The van der Waals surface area contributed by atoms with E-state index in [9.17, 15) is 18.0 Å². The Morgan fingerprint density at radius 2 is 1.81 bits per heavy atom. The number of hydrogen-bond donors (Lipinski definition) is 1. The molecule has 1 heterocycles. The Bertz CT molecular complexity index is 482. The zero-order chi connectivity index (χ0) is 15.5. The first kappa shape index (κ1) is 15.6. The molecule has 1 fully saturated rings. The molecule has 0 bridgehead atoms. The van der Waals surface area contributed by atoms with E-state index in [1.54, 1.807) is 11.9 Å². The quantitative estimate of drug-likeness (QED) is 0.932. The predicted octanol–water partition coefficient (Wildman–Crippen LogP) is 2.41. The summed E-state index contributed by atoms with van der Waals surface area (Å²) in [5, 5.41) is 3.22. The van der Waals surface area contributed by atoms with Crippen LogP contribution in [-0.2, 0) is 0 Å². The number of nitrogens with zero attached hydrogens (tertiary/aromatic N) is 1. The molecule has 1 aromatic carbocycles. The molecule has 0 spiro atoms. The number of hydrogen-bond acceptors (Lipinski definition) is 3. The van der Waals surface area contributed by atoms with Crippen LogP contribution < -0.4 is 10.1 Å². The summed E-state index contributed by atoms with van der Waals surface area (Å²) in [6.45, 7) is 1.72. The Hall–Kier alpha value is -1.76. The van der Waals surface area contributed by atoms with Crippen LogP contribution in [0.2, 0.25) is 0 Å². The van der Waals surface area contributed by atoms with Crippen molar-refractivity contribution in [2.75, 3.05) is 20.1 Å². The third-order valence-corrected chi connectivity index (χ3v) is 3.51. The van der Waals surface area contributed by atoms with Crippen molar-refractivity contribution in [2.45, 2.75) is 25.2 Å². The van der Waals surface area contributed by atoms with Crippen LogP contribution in [0.5, 0.6) is 5.75 Å². The molecule has 1 N–H and O–H groups in total. The number of nitrogens with one attached hydrogen (secondary N) is 1. The zero-order valence-electron chi connectivity index (χ0n) is 11.6. The summed E-state index contributed by atoms with van der Waals surface area (Å²) in [5.74, 6) is -0.524. The number of alkyl halides is 3. The van der Waals surface area contributed by atoms with Gasteiger partial charge in [-0.2, -0.15) is 0 Å². The smallest absolute Gasteiger partial charge is 0.406 e. The lowest BCUT2D eigenvalue weighted by atomic mass is 10.0.